The molecule has 0 unspecified atom stereocenters. The van der Waals surface area contributed by atoms with Crippen LogP contribution in [0.15, 0.2) is 48.7 Å². The second-order valence-electron chi connectivity index (χ2n) is 3.02. The molecule has 2 aromatic rings. The molecule has 1 aromatic carbocycles. The highest BCUT2D eigenvalue weighted by Gasteiger charge is 2.02. The van der Waals surface area contributed by atoms with Crippen LogP contribution >= 0.6 is 0 Å². The highest BCUT2D eigenvalue weighted by Crippen LogP contribution is 2.26. The molecule has 0 aliphatic rings. The zero-order chi connectivity index (χ0) is 10.5. The fraction of sp³-hybridized carbons (Fsp3) is 0.0833. The van der Waals surface area contributed by atoms with E-state index in [1.807, 2.05) is 49.5 Å². The van der Waals surface area contributed by atoms with E-state index >= 15 is 0 Å². The summed E-state index contributed by atoms with van der Waals surface area (Å²) in [5.41, 5.74) is 0. The summed E-state index contributed by atoms with van der Waals surface area (Å²) in [6.45, 7) is 0. The molecule has 0 radical (unpaired) electrons. The number of ether oxygens (including phenoxy) is 1. The topological polar surface area (TPSA) is 34.2 Å². The zero-order valence-corrected chi connectivity index (χ0v) is 8.47. The molecule has 0 saturated heterocycles. The van der Waals surface area contributed by atoms with Crippen molar-refractivity contribution in [2.75, 3.05) is 12.4 Å². The number of rotatable bonds is 3. The lowest BCUT2D eigenvalue weighted by Gasteiger charge is -2.08. The minimum atomic E-state index is 0.728. The normalized spacial score (nSPS) is 9.67. The molecule has 0 spiro atoms. The summed E-state index contributed by atoms with van der Waals surface area (Å²) in [5.74, 6) is 2.27. The first-order valence-electron chi connectivity index (χ1n) is 4.76. The van der Waals surface area contributed by atoms with Crippen LogP contribution in [0.5, 0.6) is 11.5 Å². The lowest BCUT2D eigenvalue weighted by atomic mass is 10.3. The molecule has 0 fully saturated rings. The van der Waals surface area contributed by atoms with Crippen LogP contribution in [0.25, 0.3) is 0 Å². The molecule has 3 heteroatoms. The third-order valence-corrected chi connectivity index (χ3v) is 1.98. The van der Waals surface area contributed by atoms with Crippen molar-refractivity contribution in [3.8, 4) is 11.5 Å². The third-order valence-electron chi connectivity index (χ3n) is 1.98. The second-order valence-corrected chi connectivity index (χ2v) is 3.02. The maximum Gasteiger partial charge on any atom is 0.169 e. The highest BCUT2D eigenvalue weighted by atomic mass is 16.5. The summed E-state index contributed by atoms with van der Waals surface area (Å²) in [6.07, 6.45) is 1.73. The molecule has 0 atom stereocenters. The number of nitrogens with one attached hydrogen (secondary N) is 1. The van der Waals surface area contributed by atoms with E-state index in [1.165, 1.54) is 0 Å². The van der Waals surface area contributed by atoms with Gasteiger partial charge in [0.15, 0.2) is 11.6 Å². The van der Waals surface area contributed by atoms with Gasteiger partial charge in [0.2, 0.25) is 0 Å². The Labute approximate surface area is 88.7 Å². The fourth-order valence-electron chi connectivity index (χ4n) is 1.28. The Morgan fingerprint density at radius 3 is 2.60 bits per heavy atom. The highest BCUT2D eigenvalue weighted by molar-refractivity contribution is 5.50. The molecule has 1 heterocycles. The monoisotopic (exact) mass is 200 g/mol. The van der Waals surface area contributed by atoms with Gasteiger partial charge in [0.1, 0.15) is 5.75 Å². The van der Waals surface area contributed by atoms with Gasteiger partial charge < -0.3 is 10.1 Å². The first kappa shape index (κ1) is 9.52. The van der Waals surface area contributed by atoms with E-state index in [1.54, 1.807) is 6.20 Å². The summed E-state index contributed by atoms with van der Waals surface area (Å²) in [6, 6.07) is 13.4. The van der Waals surface area contributed by atoms with Crippen LogP contribution in [0.3, 0.4) is 0 Å². The van der Waals surface area contributed by atoms with Crippen molar-refractivity contribution >= 4 is 5.82 Å². The molecular weight excluding hydrogens is 188 g/mol. The van der Waals surface area contributed by atoms with Crippen molar-refractivity contribution in [2.45, 2.75) is 0 Å². The molecule has 0 aliphatic carbocycles. The Bertz CT molecular complexity index is 429. The predicted octanol–water partition coefficient (Wildman–Crippen LogP) is 2.92. The number of pyridine rings is 1. The van der Waals surface area contributed by atoms with E-state index in [4.69, 9.17) is 4.74 Å². The quantitative estimate of drug-likeness (QED) is 0.827. The molecule has 0 amide bonds. The van der Waals surface area contributed by atoms with E-state index in [2.05, 4.69) is 10.3 Å². The fourth-order valence-corrected chi connectivity index (χ4v) is 1.28. The van der Waals surface area contributed by atoms with Crippen LogP contribution < -0.4 is 10.1 Å². The molecule has 0 bridgehead atoms. The first-order valence-corrected chi connectivity index (χ1v) is 4.76. The molecule has 0 saturated carbocycles. The van der Waals surface area contributed by atoms with Crippen molar-refractivity contribution in [3.63, 3.8) is 0 Å². The van der Waals surface area contributed by atoms with Gasteiger partial charge in [-0.25, -0.2) is 4.98 Å². The summed E-state index contributed by atoms with van der Waals surface area (Å²) < 4.78 is 5.68. The van der Waals surface area contributed by atoms with E-state index in [0.29, 0.717) is 0 Å². The summed E-state index contributed by atoms with van der Waals surface area (Å²) in [7, 11) is 1.82. The van der Waals surface area contributed by atoms with Crippen molar-refractivity contribution < 1.29 is 4.74 Å². The van der Waals surface area contributed by atoms with Crippen LogP contribution in [0, 0.1) is 0 Å². The van der Waals surface area contributed by atoms with Gasteiger partial charge in [0.05, 0.1) is 0 Å². The number of benzene rings is 1. The number of anilines is 1. The SMILES string of the molecule is CNc1ncccc1Oc1ccccc1. The van der Waals surface area contributed by atoms with E-state index in [9.17, 15) is 0 Å². The minimum Gasteiger partial charge on any atom is -0.453 e. The molecule has 2 rings (SSSR count). The molecule has 1 N–H and O–H groups in total. The van der Waals surface area contributed by atoms with Gasteiger partial charge in [-0.05, 0) is 24.3 Å². The Morgan fingerprint density at radius 1 is 1.07 bits per heavy atom. The Balaban J connectivity index is 2.24. The third kappa shape index (κ3) is 2.26. The molecular formula is C12H12N2O. The van der Waals surface area contributed by atoms with Crippen molar-refractivity contribution in [1.82, 2.24) is 4.98 Å². The van der Waals surface area contributed by atoms with Gasteiger partial charge in [-0.3, -0.25) is 0 Å². The van der Waals surface area contributed by atoms with Crippen LogP contribution in [-0.2, 0) is 0 Å². The van der Waals surface area contributed by atoms with Gasteiger partial charge in [0, 0.05) is 13.2 Å². The summed E-state index contributed by atoms with van der Waals surface area (Å²) in [4.78, 5) is 4.16. The van der Waals surface area contributed by atoms with Crippen LogP contribution in [0.1, 0.15) is 0 Å². The molecule has 15 heavy (non-hydrogen) atoms. The smallest absolute Gasteiger partial charge is 0.169 e. The summed E-state index contributed by atoms with van der Waals surface area (Å²) in [5, 5.41) is 2.98. The number of nitrogens with zero attached hydrogens (tertiary/aromatic N) is 1. The van der Waals surface area contributed by atoms with Gasteiger partial charge in [-0.2, -0.15) is 0 Å². The molecule has 76 valence electrons. The maximum atomic E-state index is 5.68. The van der Waals surface area contributed by atoms with Crippen molar-refractivity contribution in [2.24, 2.45) is 0 Å². The number of hydrogen-bond donors (Lipinski definition) is 1. The molecule has 0 aliphatic heterocycles. The van der Waals surface area contributed by atoms with Crippen molar-refractivity contribution in [1.29, 1.82) is 0 Å². The van der Waals surface area contributed by atoms with Crippen LogP contribution in [0.4, 0.5) is 5.82 Å². The van der Waals surface area contributed by atoms with Gasteiger partial charge >= 0.3 is 0 Å². The van der Waals surface area contributed by atoms with Gasteiger partial charge in [-0.15, -0.1) is 0 Å². The van der Waals surface area contributed by atoms with Crippen LogP contribution in [-0.4, -0.2) is 12.0 Å². The van der Waals surface area contributed by atoms with E-state index < -0.39 is 0 Å². The Kier molecular flexibility index (Phi) is 2.83. The lowest BCUT2D eigenvalue weighted by Crippen LogP contribution is -1.95. The zero-order valence-electron chi connectivity index (χ0n) is 8.47. The lowest BCUT2D eigenvalue weighted by molar-refractivity contribution is 0.482. The standard InChI is InChI=1S/C12H12N2O/c1-13-12-11(8-5-9-14-12)15-10-6-3-2-4-7-10/h2-9H,1H3,(H,13,14). The molecule has 1 aromatic heterocycles. The number of para-hydroxylation sites is 1. The van der Waals surface area contributed by atoms with Gasteiger partial charge in [0.25, 0.3) is 0 Å². The second kappa shape index (κ2) is 4.46. The minimum absolute atomic E-state index is 0.728. The molecule has 3 nitrogen and oxygen atoms in total. The van der Waals surface area contributed by atoms with Crippen molar-refractivity contribution in [3.05, 3.63) is 48.7 Å². The predicted molar refractivity (Wildman–Crippen MR) is 60.3 cm³/mol. The van der Waals surface area contributed by atoms with Crippen LogP contribution in [0.2, 0.25) is 0 Å². The largest absolute Gasteiger partial charge is 0.453 e. The van der Waals surface area contributed by atoms with Gasteiger partial charge in [-0.1, -0.05) is 18.2 Å². The average molecular weight is 200 g/mol. The maximum absolute atomic E-state index is 5.68. The summed E-state index contributed by atoms with van der Waals surface area (Å²) >= 11 is 0. The van der Waals surface area contributed by atoms with E-state index in [-0.39, 0.29) is 0 Å². The Morgan fingerprint density at radius 2 is 1.87 bits per heavy atom. The average Bonchev–Trinajstić information content (AvgIpc) is 2.31. The first-order chi connectivity index (χ1) is 7.40. The Hall–Kier alpha value is -2.03. The number of hydrogen-bond acceptors (Lipinski definition) is 3. The van der Waals surface area contributed by atoms with E-state index in [0.717, 1.165) is 17.3 Å². The number of aromatic nitrogens is 1.